The lowest BCUT2D eigenvalue weighted by Gasteiger charge is -2.34. The molecule has 0 aliphatic carbocycles. The van der Waals surface area contributed by atoms with Crippen molar-refractivity contribution < 1.29 is 19.1 Å². The number of nitrogens with one attached hydrogen (secondary N) is 1. The molecule has 1 atom stereocenters. The van der Waals surface area contributed by atoms with Gasteiger partial charge in [-0.15, -0.1) is 0 Å². The fourth-order valence-corrected chi connectivity index (χ4v) is 5.69. The van der Waals surface area contributed by atoms with E-state index >= 15 is 0 Å². The molecule has 4 aromatic rings. The number of nitrogens with zero attached hydrogens (tertiary/aromatic N) is 1. The highest BCUT2D eigenvalue weighted by atomic mass is 35.5. The Morgan fingerprint density at radius 3 is 2.12 bits per heavy atom. The summed E-state index contributed by atoms with van der Waals surface area (Å²) in [6.07, 6.45) is 0.118. The summed E-state index contributed by atoms with van der Waals surface area (Å²) in [4.78, 5) is 41.5. The topological polar surface area (TPSA) is 75.7 Å². The first-order chi connectivity index (χ1) is 20.9. The number of rotatable bonds is 9. The van der Waals surface area contributed by atoms with E-state index in [9.17, 15) is 14.4 Å². The van der Waals surface area contributed by atoms with E-state index in [4.69, 9.17) is 16.3 Å². The molecule has 1 aliphatic heterocycles. The fraction of sp³-hybridized carbons (Fsp3) is 0.194. The van der Waals surface area contributed by atoms with Crippen LogP contribution in [0.5, 0.6) is 0 Å². The van der Waals surface area contributed by atoms with E-state index in [-0.39, 0.29) is 37.4 Å². The van der Waals surface area contributed by atoms with Gasteiger partial charge in [-0.25, -0.2) is 4.79 Å². The molecule has 0 saturated heterocycles. The number of amides is 2. The van der Waals surface area contributed by atoms with Gasteiger partial charge in [0.1, 0.15) is 0 Å². The second-order valence-corrected chi connectivity index (χ2v) is 10.9. The van der Waals surface area contributed by atoms with Crippen molar-refractivity contribution in [3.05, 3.63) is 153 Å². The summed E-state index contributed by atoms with van der Waals surface area (Å²) in [6.45, 7) is 4.02. The first kappa shape index (κ1) is 29.8. The lowest BCUT2D eigenvalue weighted by molar-refractivity contribution is -0.140. The van der Waals surface area contributed by atoms with E-state index in [0.717, 1.165) is 22.3 Å². The Morgan fingerprint density at radius 2 is 1.53 bits per heavy atom. The van der Waals surface area contributed by atoms with Crippen LogP contribution in [-0.4, -0.2) is 29.3 Å². The van der Waals surface area contributed by atoms with Crippen molar-refractivity contribution in [1.29, 1.82) is 0 Å². The van der Waals surface area contributed by atoms with Crippen LogP contribution in [0, 0.1) is 0 Å². The highest BCUT2D eigenvalue weighted by Crippen LogP contribution is 2.38. The van der Waals surface area contributed by atoms with Crippen molar-refractivity contribution in [1.82, 2.24) is 10.2 Å². The molecule has 4 aromatic carbocycles. The molecule has 1 aliphatic rings. The van der Waals surface area contributed by atoms with E-state index in [0.29, 0.717) is 21.9 Å². The van der Waals surface area contributed by atoms with Crippen LogP contribution >= 0.6 is 11.6 Å². The molecule has 0 saturated carbocycles. The van der Waals surface area contributed by atoms with Gasteiger partial charge < -0.3 is 15.0 Å². The van der Waals surface area contributed by atoms with Gasteiger partial charge in [0.25, 0.3) is 5.91 Å². The summed E-state index contributed by atoms with van der Waals surface area (Å²) in [5.74, 6) is -1.20. The molecule has 6 nitrogen and oxygen atoms in total. The zero-order chi connectivity index (χ0) is 30.3. The predicted molar refractivity (Wildman–Crippen MR) is 167 cm³/mol. The van der Waals surface area contributed by atoms with Crippen LogP contribution in [0.2, 0.25) is 5.02 Å². The summed E-state index contributed by atoms with van der Waals surface area (Å²) in [5, 5.41) is 3.70. The third-order valence-corrected chi connectivity index (χ3v) is 7.90. The normalized spacial score (nSPS) is 15.0. The number of allylic oxidation sites excluding steroid dienone is 1. The van der Waals surface area contributed by atoms with Crippen molar-refractivity contribution in [2.24, 2.45) is 0 Å². The summed E-state index contributed by atoms with van der Waals surface area (Å²) in [6, 6.07) is 33.8. The monoisotopic (exact) mass is 592 g/mol. The molecule has 1 N–H and O–H groups in total. The molecular weight excluding hydrogens is 560 g/mol. The predicted octanol–water partition coefficient (Wildman–Crippen LogP) is 7.21. The third kappa shape index (κ3) is 6.87. The number of carbonyl (C=O) groups is 3. The van der Waals surface area contributed by atoms with Crippen molar-refractivity contribution in [3.63, 3.8) is 0 Å². The summed E-state index contributed by atoms with van der Waals surface area (Å²) in [7, 11) is 0. The van der Waals surface area contributed by atoms with Crippen LogP contribution in [-0.2, 0) is 20.9 Å². The Hall–Kier alpha value is -4.68. The van der Waals surface area contributed by atoms with Crippen LogP contribution in [0.3, 0.4) is 0 Å². The SMILES string of the molecule is CCOC(=O)C1=C(C)N(Cc2ccc(C(=O)NC(c3ccccc3)c3ccccc3)cc2)C(=O)CC1c1cccc(Cl)c1. The quantitative estimate of drug-likeness (QED) is 0.208. The number of hydrogen-bond donors (Lipinski definition) is 1. The number of halogens is 1. The lowest BCUT2D eigenvalue weighted by Crippen LogP contribution is -2.38. The van der Waals surface area contributed by atoms with E-state index in [1.807, 2.05) is 84.9 Å². The average molecular weight is 593 g/mol. The Morgan fingerprint density at radius 1 is 0.907 bits per heavy atom. The smallest absolute Gasteiger partial charge is 0.336 e. The van der Waals surface area contributed by atoms with Crippen molar-refractivity contribution in [2.75, 3.05) is 6.61 Å². The molecule has 0 aromatic heterocycles. The molecule has 7 heteroatoms. The molecule has 0 radical (unpaired) electrons. The van der Waals surface area contributed by atoms with Gasteiger partial charge in [0.15, 0.2) is 0 Å². The number of carbonyl (C=O) groups excluding carboxylic acids is 3. The standard InChI is InChI=1S/C36H33ClN2O4/c1-3-43-36(42)33-24(2)39(32(40)22-31(33)29-15-10-16-30(37)21-29)23-25-17-19-28(20-18-25)35(41)38-34(26-11-6-4-7-12-26)27-13-8-5-9-14-27/h4-21,31,34H,3,22-23H2,1-2H3,(H,38,41). The largest absolute Gasteiger partial charge is 0.463 e. The third-order valence-electron chi connectivity index (χ3n) is 7.67. The highest BCUT2D eigenvalue weighted by Gasteiger charge is 2.37. The van der Waals surface area contributed by atoms with Crippen LogP contribution in [0.4, 0.5) is 0 Å². The van der Waals surface area contributed by atoms with Gasteiger partial charge in [-0.1, -0.05) is 96.5 Å². The molecule has 0 spiro atoms. The molecule has 1 heterocycles. The maximum atomic E-state index is 13.4. The minimum atomic E-state index is -0.449. The number of esters is 1. The average Bonchev–Trinajstić information content (AvgIpc) is 3.02. The van der Waals surface area contributed by atoms with Crippen molar-refractivity contribution in [3.8, 4) is 0 Å². The maximum absolute atomic E-state index is 13.4. The minimum Gasteiger partial charge on any atom is -0.463 e. The molecule has 2 amide bonds. The van der Waals surface area contributed by atoms with Gasteiger partial charge in [0.2, 0.25) is 5.91 Å². The number of ether oxygens (including phenoxy) is 1. The van der Waals surface area contributed by atoms with Gasteiger partial charge in [-0.2, -0.15) is 0 Å². The van der Waals surface area contributed by atoms with Crippen molar-refractivity contribution >= 4 is 29.4 Å². The molecule has 218 valence electrons. The van der Waals surface area contributed by atoms with Gasteiger partial charge in [0.05, 0.1) is 24.8 Å². The van der Waals surface area contributed by atoms with Gasteiger partial charge in [-0.3, -0.25) is 9.59 Å². The summed E-state index contributed by atoms with van der Waals surface area (Å²) in [5.41, 5.74) is 5.10. The van der Waals surface area contributed by atoms with Crippen LogP contribution < -0.4 is 5.32 Å². The maximum Gasteiger partial charge on any atom is 0.336 e. The first-order valence-corrected chi connectivity index (χ1v) is 14.7. The molecule has 0 bridgehead atoms. The zero-order valence-electron chi connectivity index (χ0n) is 24.1. The Labute approximate surface area is 256 Å². The van der Waals surface area contributed by atoms with Gasteiger partial charge >= 0.3 is 5.97 Å². The Bertz CT molecular complexity index is 1600. The highest BCUT2D eigenvalue weighted by molar-refractivity contribution is 6.30. The van der Waals surface area contributed by atoms with E-state index in [2.05, 4.69) is 5.32 Å². The van der Waals surface area contributed by atoms with Crippen LogP contribution in [0.1, 0.15) is 64.8 Å². The number of benzene rings is 4. The van der Waals surface area contributed by atoms with Gasteiger partial charge in [0, 0.05) is 28.6 Å². The second-order valence-electron chi connectivity index (χ2n) is 10.4. The molecule has 5 rings (SSSR count). The van der Waals surface area contributed by atoms with Crippen molar-refractivity contribution in [2.45, 2.75) is 38.8 Å². The molecule has 0 fully saturated rings. The fourth-order valence-electron chi connectivity index (χ4n) is 5.49. The first-order valence-electron chi connectivity index (χ1n) is 14.3. The summed E-state index contributed by atoms with van der Waals surface area (Å²) < 4.78 is 5.39. The minimum absolute atomic E-state index is 0.106. The Balaban J connectivity index is 1.36. The van der Waals surface area contributed by atoms with Crippen LogP contribution in [0.15, 0.2) is 120 Å². The molecule has 1 unspecified atom stereocenters. The van der Waals surface area contributed by atoms with Gasteiger partial charge in [-0.05, 0) is 60.4 Å². The summed E-state index contributed by atoms with van der Waals surface area (Å²) >= 11 is 6.23. The Kier molecular flexibility index (Phi) is 9.38. The lowest BCUT2D eigenvalue weighted by atomic mass is 9.83. The van der Waals surface area contributed by atoms with Crippen LogP contribution in [0.25, 0.3) is 0 Å². The number of hydrogen-bond acceptors (Lipinski definition) is 4. The van der Waals surface area contributed by atoms with E-state index in [1.54, 1.807) is 43.0 Å². The van der Waals surface area contributed by atoms with E-state index < -0.39 is 11.9 Å². The zero-order valence-corrected chi connectivity index (χ0v) is 24.9. The second kappa shape index (κ2) is 13.5. The van der Waals surface area contributed by atoms with E-state index in [1.165, 1.54) is 0 Å². The molecular formula is C36H33ClN2O4. The molecule has 43 heavy (non-hydrogen) atoms.